The summed E-state index contributed by atoms with van der Waals surface area (Å²) in [6, 6.07) is 12.6. The summed E-state index contributed by atoms with van der Waals surface area (Å²) >= 11 is 0. The third kappa shape index (κ3) is 5.41. The highest BCUT2D eigenvalue weighted by Gasteiger charge is 2.20. The highest BCUT2D eigenvalue weighted by molar-refractivity contribution is 5.15. The van der Waals surface area contributed by atoms with Gasteiger partial charge in [0, 0.05) is 31.7 Å². The van der Waals surface area contributed by atoms with Crippen LogP contribution in [0.1, 0.15) is 62.0 Å². The van der Waals surface area contributed by atoms with Gasteiger partial charge in [-0.2, -0.15) is 0 Å². The van der Waals surface area contributed by atoms with Crippen molar-refractivity contribution in [2.45, 2.75) is 58.0 Å². The average molecular weight is 342 g/mol. The highest BCUT2D eigenvalue weighted by Crippen LogP contribution is 2.32. The third-order valence-corrected chi connectivity index (χ3v) is 5.11. The van der Waals surface area contributed by atoms with Crippen LogP contribution < -0.4 is 0 Å². The second-order valence-electron chi connectivity index (χ2n) is 7.50. The predicted octanol–water partition coefficient (Wildman–Crippen LogP) is 4.35. The summed E-state index contributed by atoms with van der Waals surface area (Å²) in [7, 11) is 0. The summed E-state index contributed by atoms with van der Waals surface area (Å²) in [4.78, 5) is 2.33. The zero-order chi connectivity index (χ0) is 17.5. The van der Waals surface area contributed by atoms with Crippen LogP contribution in [-0.4, -0.2) is 28.3 Å². The molecule has 0 aliphatic heterocycles. The van der Waals surface area contributed by atoms with Crippen LogP contribution in [0.3, 0.4) is 0 Å². The average Bonchev–Trinajstić information content (AvgIpc) is 3.11. The maximum atomic E-state index is 9.43. The molecular weight excluding hydrogens is 312 g/mol. The van der Waals surface area contributed by atoms with Gasteiger partial charge in [-0.15, -0.1) is 0 Å². The monoisotopic (exact) mass is 342 g/mol. The smallest absolute Gasteiger partial charge is 0.150 e. The number of benzene rings is 1. The first kappa shape index (κ1) is 18.2. The number of aromatic nitrogens is 1. The molecule has 0 unspecified atom stereocenters. The second-order valence-corrected chi connectivity index (χ2v) is 7.50. The van der Waals surface area contributed by atoms with Crippen molar-refractivity contribution in [2.24, 2.45) is 5.92 Å². The molecular formula is C21H30N2O2. The summed E-state index contributed by atoms with van der Waals surface area (Å²) in [5, 5.41) is 13.8. The molecule has 0 bridgehead atoms. The number of hydrogen-bond acceptors (Lipinski definition) is 4. The van der Waals surface area contributed by atoms with E-state index in [9.17, 15) is 5.11 Å². The number of rotatable bonds is 8. The Morgan fingerprint density at radius 1 is 1.16 bits per heavy atom. The van der Waals surface area contributed by atoms with Crippen molar-refractivity contribution in [1.82, 2.24) is 10.1 Å². The molecule has 1 aliphatic rings. The van der Waals surface area contributed by atoms with Crippen LogP contribution in [-0.2, 0) is 13.1 Å². The lowest BCUT2D eigenvalue weighted by molar-refractivity contribution is 0.153. The standard InChI is InChI=1S/C21H30N2O2/c1-17(16-24)13-23(14-18-8-4-2-5-9-18)15-20-12-21(22-25-20)19-10-6-3-7-11-19/h2,4-5,8-9,12,17,19,24H,3,6-7,10-11,13-16H2,1H3/t17-/m1/s1. The van der Waals surface area contributed by atoms with Crippen molar-refractivity contribution in [1.29, 1.82) is 0 Å². The Kier molecular flexibility index (Phi) is 6.65. The number of nitrogens with zero attached hydrogens (tertiary/aromatic N) is 2. The zero-order valence-electron chi connectivity index (χ0n) is 15.2. The number of hydrogen-bond donors (Lipinski definition) is 1. The van der Waals surface area contributed by atoms with E-state index in [1.807, 2.05) is 6.07 Å². The fourth-order valence-corrected chi connectivity index (χ4v) is 3.74. The maximum Gasteiger partial charge on any atom is 0.150 e. The molecule has 1 atom stereocenters. The lowest BCUT2D eigenvalue weighted by Crippen LogP contribution is -2.29. The zero-order valence-corrected chi connectivity index (χ0v) is 15.2. The fraction of sp³-hybridized carbons (Fsp3) is 0.571. The van der Waals surface area contributed by atoms with E-state index in [0.29, 0.717) is 5.92 Å². The molecule has 0 spiro atoms. The molecule has 1 heterocycles. The first-order chi connectivity index (χ1) is 12.2. The van der Waals surface area contributed by atoms with Crippen LogP contribution in [0.25, 0.3) is 0 Å². The van der Waals surface area contributed by atoms with Crippen LogP contribution in [0.15, 0.2) is 40.9 Å². The van der Waals surface area contributed by atoms with E-state index >= 15 is 0 Å². The fourth-order valence-electron chi connectivity index (χ4n) is 3.74. The van der Waals surface area contributed by atoms with Crippen LogP contribution >= 0.6 is 0 Å². The van der Waals surface area contributed by atoms with Gasteiger partial charge >= 0.3 is 0 Å². The van der Waals surface area contributed by atoms with E-state index < -0.39 is 0 Å². The number of aliphatic hydroxyl groups is 1. The quantitative estimate of drug-likeness (QED) is 0.775. The van der Waals surface area contributed by atoms with E-state index in [-0.39, 0.29) is 12.5 Å². The van der Waals surface area contributed by atoms with Gasteiger partial charge in [0.05, 0.1) is 12.2 Å². The van der Waals surface area contributed by atoms with Gasteiger partial charge in [-0.1, -0.05) is 61.7 Å². The Labute approximate surface area is 150 Å². The maximum absolute atomic E-state index is 9.43. The minimum atomic E-state index is 0.203. The Balaban J connectivity index is 1.65. The Bertz CT molecular complexity index is 620. The lowest BCUT2D eigenvalue weighted by atomic mass is 9.87. The van der Waals surface area contributed by atoms with Gasteiger partial charge in [0.25, 0.3) is 0 Å². The lowest BCUT2D eigenvalue weighted by Gasteiger charge is -2.24. The molecule has 25 heavy (non-hydrogen) atoms. The Hall–Kier alpha value is -1.65. The summed E-state index contributed by atoms with van der Waals surface area (Å²) in [5.74, 6) is 1.75. The third-order valence-electron chi connectivity index (χ3n) is 5.11. The van der Waals surface area contributed by atoms with Crippen molar-refractivity contribution in [3.63, 3.8) is 0 Å². The molecule has 1 N–H and O–H groups in total. The normalized spacial score (nSPS) is 17.1. The van der Waals surface area contributed by atoms with Crippen molar-refractivity contribution in [3.8, 4) is 0 Å². The highest BCUT2D eigenvalue weighted by atomic mass is 16.5. The predicted molar refractivity (Wildman–Crippen MR) is 99.1 cm³/mol. The molecule has 0 radical (unpaired) electrons. The molecule has 2 aromatic rings. The minimum Gasteiger partial charge on any atom is -0.396 e. The topological polar surface area (TPSA) is 49.5 Å². The van der Waals surface area contributed by atoms with E-state index in [0.717, 1.165) is 31.1 Å². The summed E-state index contributed by atoms with van der Waals surface area (Å²) < 4.78 is 5.65. The SMILES string of the molecule is C[C@@H](CO)CN(Cc1ccccc1)Cc1cc(C2CCCCC2)no1. The summed E-state index contributed by atoms with van der Waals surface area (Å²) in [6.07, 6.45) is 6.44. The van der Waals surface area contributed by atoms with E-state index in [1.165, 1.54) is 37.7 Å². The van der Waals surface area contributed by atoms with E-state index in [1.54, 1.807) is 0 Å². The molecule has 1 aromatic heterocycles. The largest absolute Gasteiger partial charge is 0.396 e. The minimum absolute atomic E-state index is 0.203. The molecule has 1 aliphatic carbocycles. The van der Waals surface area contributed by atoms with Crippen molar-refractivity contribution in [3.05, 3.63) is 53.4 Å². The van der Waals surface area contributed by atoms with Crippen LogP contribution in [0, 0.1) is 5.92 Å². The van der Waals surface area contributed by atoms with Crippen LogP contribution in [0.4, 0.5) is 0 Å². The van der Waals surface area contributed by atoms with Crippen molar-refractivity contribution in [2.75, 3.05) is 13.2 Å². The molecule has 1 aromatic carbocycles. The molecule has 136 valence electrons. The molecule has 0 saturated heterocycles. The van der Waals surface area contributed by atoms with Gasteiger partial charge in [0.2, 0.25) is 0 Å². The Morgan fingerprint density at radius 2 is 1.92 bits per heavy atom. The first-order valence-corrected chi connectivity index (χ1v) is 9.57. The van der Waals surface area contributed by atoms with Gasteiger partial charge in [-0.3, -0.25) is 4.90 Å². The molecule has 4 heteroatoms. The second kappa shape index (κ2) is 9.16. The van der Waals surface area contributed by atoms with Crippen molar-refractivity contribution >= 4 is 0 Å². The van der Waals surface area contributed by atoms with Crippen molar-refractivity contribution < 1.29 is 9.63 Å². The molecule has 3 rings (SSSR count). The summed E-state index contributed by atoms with van der Waals surface area (Å²) in [5.41, 5.74) is 2.41. The van der Waals surface area contributed by atoms with Gasteiger partial charge < -0.3 is 9.63 Å². The van der Waals surface area contributed by atoms with E-state index in [2.05, 4.69) is 47.3 Å². The van der Waals surface area contributed by atoms with Crippen LogP contribution in [0.5, 0.6) is 0 Å². The van der Waals surface area contributed by atoms with E-state index in [4.69, 9.17) is 4.52 Å². The summed E-state index contributed by atoms with van der Waals surface area (Å²) in [6.45, 7) is 4.70. The van der Waals surface area contributed by atoms with Gasteiger partial charge in [0.15, 0.2) is 5.76 Å². The van der Waals surface area contributed by atoms with Gasteiger partial charge in [-0.25, -0.2) is 0 Å². The molecule has 1 fully saturated rings. The number of aliphatic hydroxyl groups excluding tert-OH is 1. The molecule has 4 nitrogen and oxygen atoms in total. The van der Waals surface area contributed by atoms with Gasteiger partial charge in [-0.05, 0) is 24.3 Å². The molecule has 1 saturated carbocycles. The first-order valence-electron chi connectivity index (χ1n) is 9.57. The Morgan fingerprint density at radius 3 is 2.64 bits per heavy atom. The van der Waals surface area contributed by atoms with Crippen LogP contribution in [0.2, 0.25) is 0 Å². The molecule has 0 amide bonds. The van der Waals surface area contributed by atoms with Gasteiger partial charge in [0.1, 0.15) is 0 Å².